The molecule has 1 N–H and O–H groups in total. The quantitative estimate of drug-likeness (QED) is 0.148. The van der Waals surface area contributed by atoms with Crippen molar-refractivity contribution in [2.75, 3.05) is 18.0 Å². The average Bonchev–Trinajstić information content (AvgIpc) is 3.11. The van der Waals surface area contributed by atoms with Gasteiger partial charge in [-0.3, -0.25) is 13.9 Å². The molecule has 0 aliphatic heterocycles. The largest absolute Gasteiger partial charge is 0.495 e. The molecule has 1 saturated carbocycles. The molecular weight excluding hydrogens is 717 g/mol. The van der Waals surface area contributed by atoms with Crippen LogP contribution in [0.25, 0.3) is 0 Å². The van der Waals surface area contributed by atoms with E-state index in [1.807, 2.05) is 37.3 Å². The Labute approximate surface area is 309 Å². The lowest BCUT2D eigenvalue weighted by Crippen LogP contribution is -2.55. The van der Waals surface area contributed by atoms with Crippen LogP contribution in [-0.4, -0.2) is 50.9 Å². The van der Waals surface area contributed by atoms with E-state index >= 15 is 0 Å². The lowest BCUT2D eigenvalue weighted by atomic mass is 9.94. The highest BCUT2D eigenvalue weighted by Crippen LogP contribution is 2.35. The second-order valence-electron chi connectivity index (χ2n) is 12.5. The zero-order valence-corrected chi connectivity index (χ0v) is 31.0. The number of nitrogens with zero attached hydrogens (tertiary/aromatic N) is 2. The summed E-state index contributed by atoms with van der Waals surface area (Å²) in [5.41, 5.74) is 2.40. The Balaban J connectivity index is 1.61. The number of carbonyl (C=O) groups is 2. The van der Waals surface area contributed by atoms with E-state index in [1.54, 1.807) is 42.5 Å². The van der Waals surface area contributed by atoms with Gasteiger partial charge in [0.15, 0.2) is 0 Å². The molecule has 264 valence electrons. The molecule has 0 heterocycles. The number of nitrogens with one attached hydrogen (secondary N) is 1. The van der Waals surface area contributed by atoms with Gasteiger partial charge in [0.05, 0.1) is 27.7 Å². The SMILES string of the molecule is COc1ccc(Cl)cc1N(CC(=O)N(Cc1ccc(Cl)c(Cl)c1)[C@@H](Cc1ccccc1)C(=O)NC1CCCCC1)S(=O)(=O)c1ccc(C)cc1. The standard InChI is InChI=1S/C38H40Cl3N3O5S/c1-26-13-17-31(18-14-26)50(47,48)44(34-23-29(39)16-20-36(34)49-2)25-37(45)43(24-28-15-19-32(40)33(41)21-28)35(22-27-9-5-3-6-10-27)38(46)42-30-11-7-4-8-12-30/h3,5-6,9-10,13-21,23,30,35H,4,7-8,11-12,22,24-25H2,1-2H3,(H,42,46)/t35-/m0/s1. The number of amides is 2. The summed E-state index contributed by atoms with van der Waals surface area (Å²) in [5.74, 6) is -0.735. The molecule has 8 nitrogen and oxygen atoms in total. The fraction of sp³-hybridized carbons (Fsp3) is 0.316. The molecule has 0 saturated heterocycles. The Morgan fingerprint density at radius 2 is 1.56 bits per heavy atom. The molecule has 0 spiro atoms. The number of halogens is 3. The van der Waals surface area contributed by atoms with Gasteiger partial charge in [0.25, 0.3) is 10.0 Å². The van der Waals surface area contributed by atoms with Crippen molar-refractivity contribution in [3.63, 3.8) is 0 Å². The maximum atomic E-state index is 14.8. The van der Waals surface area contributed by atoms with Gasteiger partial charge >= 0.3 is 0 Å². The third-order valence-corrected chi connectivity index (χ3v) is 11.6. The van der Waals surface area contributed by atoms with Crippen LogP contribution in [0.15, 0.2) is 95.9 Å². The smallest absolute Gasteiger partial charge is 0.264 e. The number of methoxy groups -OCH3 is 1. The Bertz CT molecular complexity index is 1900. The summed E-state index contributed by atoms with van der Waals surface area (Å²) in [5, 5.41) is 4.08. The summed E-state index contributed by atoms with van der Waals surface area (Å²) >= 11 is 19.0. The minimum atomic E-state index is -4.35. The highest BCUT2D eigenvalue weighted by Gasteiger charge is 2.36. The van der Waals surface area contributed by atoms with E-state index in [0.717, 1.165) is 47.5 Å². The summed E-state index contributed by atoms with van der Waals surface area (Å²) in [6, 6.07) is 24.3. The molecule has 0 unspecified atom stereocenters. The molecule has 0 bridgehead atoms. The summed E-state index contributed by atoms with van der Waals surface area (Å²) in [7, 11) is -2.94. The minimum Gasteiger partial charge on any atom is -0.495 e. The molecule has 1 aliphatic carbocycles. The molecule has 2 amide bonds. The molecule has 4 aromatic rings. The first kappa shape index (κ1) is 37.5. The molecule has 1 aliphatic rings. The van der Waals surface area contributed by atoms with Gasteiger partial charge in [-0.05, 0) is 73.4 Å². The van der Waals surface area contributed by atoms with Crippen LogP contribution in [0.1, 0.15) is 48.8 Å². The van der Waals surface area contributed by atoms with Gasteiger partial charge in [-0.25, -0.2) is 8.42 Å². The number of ether oxygens (including phenoxy) is 1. The number of anilines is 1. The van der Waals surface area contributed by atoms with E-state index in [2.05, 4.69) is 5.32 Å². The second-order valence-corrected chi connectivity index (χ2v) is 15.6. The summed E-state index contributed by atoms with van der Waals surface area (Å²) in [6.45, 7) is 1.15. The molecule has 12 heteroatoms. The van der Waals surface area contributed by atoms with Gasteiger partial charge in [0, 0.05) is 24.0 Å². The fourth-order valence-electron chi connectivity index (χ4n) is 6.14. The topological polar surface area (TPSA) is 96.0 Å². The first-order valence-electron chi connectivity index (χ1n) is 16.5. The summed E-state index contributed by atoms with van der Waals surface area (Å²) in [6.07, 6.45) is 5.02. The van der Waals surface area contributed by atoms with E-state index in [1.165, 1.54) is 30.2 Å². The second kappa shape index (κ2) is 17.0. The van der Waals surface area contributed by atoms with Crippen molar-refractivity contribution in [2.45, 2.75) is 69.0 Å². The number of benzene rings is 4. The van der Waals surface area contributed by atoms with E-state index in [4.69, 9.17) is 39.5 Å². The predicted molar refractivity (Wildman–Crippen MR) is 200 cm³/mol. The lowest BCUT2D eigenvalue weighted by Gasteiger charge is -2.35. The number of sulfonamides is 1. The number of aryl methyl sites for hydroxylation is 1. The van der Waals surface area contributed by atoms with Crippen LogP contribution in [0, 0.1) is 6.92 Å². The summed E-state index contributed by atoms with van der Waals surface area (Å²) in [4.78, 5) is 30.5. The van der Waals surface area contributed by atoms with E-state index in [0.29, 0.717) is 10.6 Å². The number of carbonyl (C=O) groups excluding carboxylic acids is 2. The Kier molecular flexibility index (Phi) is 12.7. The molecule has 0 aromatic heterocycles. The summed E-state index contributed by atoms with van der Waals surface area (Å²) < 4.78 is 35.4. The van der Waals surface area contributed by atoms with Crippen molar-refractivity contribution in [3.8, 4) is 5.75 Å². The van der Waals surface area contributed by atoms with Crippen molar-refractivity contribution in [3.05, 3.63) is 123 Å². The number of hydrogen-bond donors (Lipinski definition) is 1. The normalized spacial score (nSPS) is 14.1. The minimum absolute atomic E-state index is 0.0226. The van der Waals surface area contributed by atoms with Crippen LogP contribution in [0.4, 0.5) is 5.69 Å². The van der Waals surface area contributed by atoms with Gasteiger partial charge < -0.3 is 15.0 Å². The molecule has 4 aromatic carbocycles. The van der Waals surface area contributed by atoms with E-state index < -0.39 is 28.5 Å². The maximum absolute atomic E-state index is 14.8. The van der Waals surface area contributed by atoms with Crippen LogP contribution in [0.2, 0.25) is 15.1 Å². The van der Waals surface area contributed by atoms with Crippen molar-refractivity contribution in [1.29, 1.82) is 0 Å². The molecule has 0 radical (unpaired) electrons. The van der Waals surface area contributed by atoms with Gasteiger partial charge in [-0.15, -0.1) is 0 Å². The van der Waals surface area contributed by atoms with Gasteiger partial charge in [0.1, 0.15) is 18.3 Å². The van der Waals surface area contributed by atoms with Gasteiger partial charge in [-0.2, -0.15) is 0 Å². The van der Waals surface area contributed by atoms with Crippen LogP contribution in [0.3, 0.4) is 0 Å². The van der Waals surface area contributed by atoms with Crippen LogP contribution < -0.4 is 14.4 Å². The highest BCUT2D eigenvalue weighted by atomic mass is 35.5. The Morgan fingerprint density at radius 3 is 2.22 bits per heavy atom. The molecule has 5 rings (SSSR count). The fourth-order valence-corrected chi connectivity index (χ4v) is 8.05. The number of rotatable bonds is 13. The van der Waals surface area contributed by atoms with Crippen LogP contribution in [0.5, 0.6) is 5.75 Å². The monoisotopic (exact) mass is 755 g/mol. The Hall–Kier alpha value is -3.76. The molecule has 1 atom stereocenters. The molecular formula is C38H40Cl3N3O5S. The van der Waals surface area contributed by atoms with E-state index in [-0.39, 0.29) is 51.3 Å². The van der Waals surface area contributed by atoms with Crippen molar-refractivity contribution in [1.82, 2.24) is 10.2 Å². The molecule has 1 fully saturated rings. The first-order valence-corrected chi connectivity index (χ1v) is 19.0. The van der Waals surface area contributed by atoms with Gasteiger partial charge in [-0.1, -0.05) is 108 Å². The maximum Gasteiger partial charge on any atom is 0.264 e. The third kappa shape index (κ3) is 9.31. The van der Waals surface area contributed by atoms with E-state index in [9.17, 15) is 18.0 Å². The molecule has 50 heavy (non-hydrogen) atoms. The zero-order valence-electron chi connectivity index (χ0n) is 27.9. The average molecular weight is 757 g/mol. The predicted octanol–water partition coefficient (Wildman–Crippen LogP) is 8.25. The highest BCUT2D eigenvalue weighted by molar-refractivity contribution is 7.92. The van der Waals surface area contributed by atoms with Gasteiger partial charge in [0.2, 0.25) is 11.8 Å². The van der Waals surface area contributed by atoms with Crippen molar-refractivity contribution in [2.24, 2.45) is 0 Å². The number of hydrogen-bond acceptors (Lipinski definition) is 5. The third-order valence-electron chi connectivity index (χ3n) is 8.86. The Morgan fingerprint density at radius 1 is 0.860 bits per heavy atom. The van der Waals surface area contributed by atoms with Crippen LogP contribution in [-0.2, 0) is 32.6 Å². The van der Waals surface area contributed by atoms with Crippen molar-refractivity contribution < 1.29 is 22.7 Å². The van der Waals surface area contributed by atoms with Crippen molar-refractivity contribution >= 4 is 62.3 Å². The lowest BCUT2D eigenvalue weighted by molar-refractivity contribution is -0.140. The zero-order chi connectivity index (χ0) is 35.8. The van der Waals surface area contributed by atoms with Crippen LogP contribution >= 0.6 is 34.8 Å². The first-order chi connectivity index (χ1) is 24.0.